The molecule has 3 atom stereocenters. The van der Waals surface area contributed by atoms with Crippen LogP contribution in [0.15, 0.2) is 4.99 Å². The number of aliphatic imine (C=N–C) groups is 1. The molecular weight excluding hydrogens is 205 g/mol. The standard InChI is InChI=1S/C12H22NOP/c1-9(2)11-8-14-12(13-11)7-10-5-4-6-15(10)3/h9-11H,4-8H2,1-3H3/t10-,11-,15-/m1/s1. The lowest BCUT2D eigenvalue weighted by atomic mass is 10.1. The minimum atomic E-state index is 0.265. The fourth-order valence-corrected chi connectivity index (χ4v) is 4.47. The van der Waals surface area contributed by atoms with E-state index in [0.29, 0.717) is 12.0 Å². The van der Waals surface area contributed by atoms with Gasteiger partial charge in [-0.15, -0.1) is 7.92 Å². The second-order valence-electron chi connectivity index (χ2n) is 5.13. The smallest absolute Gasteiger partial charge is 0.184 e. The van der Waals surface area contributed by atoms with E-state index in [0.717, 1.165) is 24.6 Å². The van der Waals surface area contributed by atoms with E-state index in [1.165, 1.54) is 19.0 Å². The van der Waals surface area contributed by atoms with Gasteiger partial charge in [-0.25, -0.2) is 4.99 Å². The molecule has 86 valence electrons. The molecule has 0 bridgehead atoms. The average Bonchev–Trinajstić information content (AvgIpc) is 2.77. The highest BCUT2D eigenvalue weighted by atomic mass is 31.1. The Labute approximate surface area is 94.3 Å². The Balaban J connectivity index is 1.87. The fraction of sp³-hybridized carbons (Fsp3) is 0.917. The first kappa shape index (κ1) is 11.4. The second-order valence-corrected chi connectivity index (χ2v) is 7.82. The summed E-state index contributed by atoms with van der Waals surface area (Å²) in [5, 5.41) is 0. The number of hydrogen-bond donors (Lipinski definition) is 0. The molecule has 0 aromatic rings. The number of nitrogens with zero attached hydrogens (tertiary/aromatic N) is 1. The van der Waals surface area contributed by atoms with E-state index in [2.05, 4.69) is 20.5 Å². The van der Waals surface area contributed by atoms with Crippen molar-refractivity contribution in [3.63, 3.8) is 0 Å². The number of ether oxygens (including phenoxy) is 1. The fourth-order valence-electron chi connectivity index (χ4n) is 2.33. The van der Waals surface area contributed by atoms with Gasteiger partial charge in [0.15, 0.2) is 5.90 Å². The summed E-state index contributed by atoms with van der Waals surface area (Å²) in [7, 11) is 0.265. The molecule has 1 fully saturated rings. The normalized spacial score (nSPS) is 35.7. The van der Waals surface area contributed by atoms with Gasteiger partial charge in [-0.2, -0.15) is 0 Å². The van der Waals surface area contributed by atoms with Gasteiger partial charge in [0.2, 0.25) is 0 Å². The highest BCUT2D eigenvalue weighted by Gasteiger charge is 2.28. The summed E-state index contributed by atoms with van der Waals surface area (Å²) in [4.78, 5) is 4.69. The molecular formula is C12H22NOP. The summed E-state index contributed by atoms with van der Waals surface area (Å²) in [6.07, 6.45) is 5.40. The van der Waals surface area contributed by atoms with Crippen LogP contribution in [-0.2, 0) is 4.74 Å². The van der Waals surface area contributed by atoms with Gasteiger partial charge in [0, 0.05) is 6.42 Å². The Morgan fingerprint density at radius 2 is 2.33 bits per heavy atom. The molecule has 0 radical (unpaired) electrons. The third kappa shape index (κ3) is 2.72. The summed E-state index contributed by atoms with van der Waals surface area (Å²) in [5.41, 5.74) is 0.893. The molecule has 2 aliphatic heterocycles. The lowest BCUT2D eigenvalue weighted by molar-refractivity contribution is 0.285. The molecule has 2 rings (SSSR count). The van der Waals surface area contributed by atoms with E-state index < -0.39 is 0 Å². The zero-order chi connectivity index (χ0) is 10.8. The summed E-state index contributed by atoms with van der Waals surface area (Å²) in [6, 6.07) is 0.421. The van der Waals surface area contributed by atoms with Crippen LogP contribution in [0.4, 0.5) is 0 Å². The van der Waals surface area contributed by atoms with Crippen molar-refractivity contribution in [3.8, 4) is 0 Å². The molecule has 0 aliphatic carbocycles. The van der Waals surface area contributed by atoms with E-state index in [9.17, 15) is 0 Å². The van der Waals surface area contributed by atoms with E-state index in [-0.39, 0.29) is 7.92 Å². The molecule has 0 N–H and O–H groups in total. The van der Waals surface area contributed by atoms with Gasteiger partial charge in [-0.05, 0) is 37.2 Å². The first-order valence-corrected chi connectivity index (χ1v) is 8.11. The Hall–Kier alpha value is -0.100. The van der Waals surface area contributed by atoms with E-state index in [4.69, 9.17) is 9.73 Å². The van der Waals surface area contributed by atoms with Gasteiger partial charge in [0.25, 0.3) is 0 Å². The number of rotatable bonds is 3. The molecule has 1 saturated heterocycles. The SMILES string of the molecule is CC(C)[C@H]1COC(C[C@H]2CCC[P@@]2C)=N1. The molecule has 2 nitrogen and oxygen atoms in total. The van der Waals surface area contributed by atoms with Gasteiger partial charge in [0.1, 0.15) is 6.61 Å². The van der Waals surface area contributed by atoms with Crippen molar-refractivity contribution in [3.05, 3.63) is 0 Å². The molecule has 0 aromatic heterocycles. The summed E-state index contributed by atoms with van der Waals surface area (Å²) >= 11 is 0. The van der Waals surface area contributed by atoms with Crippen LogP contribution < -0.4 is 0 Å². The third-order valence-electron chi connectivity index (χ3n) is 3.58. The van der Waals surface area contributed by atoms with Crippen LogP contribution in [0.2, 0.25) is 0 Å². The molecule has 15 heavy (non-hydrogen) atoms. The van der Waals surface area contributed by atoms with E-state index in [1.54, 1.807) is 0 Å². The maximum absolute atomic E-state index is 5.70. The van der Waals surface area contributed by atoms with Crippen LogP contribution in [0.25, 0.3) is 0 Å². The molecule has 0 aromatic carbocycles. The maximum Gasteiger partial charge on any atom is 0.184 e. The van der Waals surface area contributed by atoms with Crippen molar-refractivity contribution >= 4 is 13.8 Å². The van der Waals surface area contributed by atoms with Crippen molar-refractivity contribution in [1.82, 2.24) is 0 Å². The van der Waals surface area contributed by atoms with Gasteiger partial charge in [-0.3, -0.25) is 0 Å². The zero-order valence-electron chi connectivity index (χ0n) is 10.1. The predicted octanol–water partition coefficient (Wildman–Crippen LogP) is 3.10. The predicted molar refractivity (Wildman–Crippen MR) is 67.4 cm³/mol. The number of hydrogen-bond acceptors (Lipinski definition) is 2. The van der Waals surface area contributed by atoms with Crippen LogP contribution in [-0.4, -0.2) is 37.0 Å². The van der Waals surface area contributed by atoms with Gasteiger partial charge in [-0.1, -0.05) is 13.8 Å². The average molecular weight is 227 g/mol. The van der Waals surface area contributed by atoms with Crippen LogP contribution in [0, 0.1) is 5.92 Å². The largest absolute Gasteiger partial charge is 0.479 e. The van der Waals surface area contributed by atoms with Crippen molar-refractivity contribution < 1.29 is 4.74 Å². The quantitative estimate of drug-likeness (QED) is 0.679. The van der Waals surface area contributed by atoms with Gasteiger partial charge >= 0.3 is 0 Å². The molecule has 0 saturated carbocycles. The van der Waals surface area contributed by atoms with E-state index in [1.807, 2.05) is 0 Å². The third-order valence-corrected chi connectivity index (χ3v) is 6.29. The van der Waals surface area contributed by atoms with Crippen molar-refractivity contribution in [1.29, 1.82) is 0 Å². The molecule has 2 heterocycles. The second kappa shape index (κ2) is 4.82. The Bertz CT molecular complexity index is 252. The Morgan fingerprint density at radius 1 is 1.53 bits per heavy atom. The molecule has 0 amide bonds. The van der Waals surface area contributed by atoms with Gasteiger partial charge < -0.3 is 4.74 Å². The van der Waals surface area contributed by atoms with E-state index >= 15 is 0 Å². The van der Waals surface area contributed by atoms with Crippen molar-refractivity contribution in [2.24, 2.45) is 10.9 Å². The molecule has 2 aliphatic rings. The first-order chi connectivity index (χ1) is 7.16. The topological polar surface area (TPSA) is 21.6 Å². The minimum Gasteiger partial charge on any atom is -0.479 e. The lowest BCUT2D eigenvalue weighted by Gasteiger charge is -2.14. The highest BCUT2D eigenvalue weighted by Crippen LogP contribution is 2.48. The Kier molecular flexibility index (Phi) is 3.66. The monoisotopic (exact) mass is 227 g/mol. The van der Waals surface area contributed by atoms with Crippen LogP contribution in [0.3, 0.4) is 0 Å². The molecule has 0 spiro atoms. The Morgan fingerprint density at radius 3 is 2.87 bits per heavy atom. The van der Waals surface area contributed by atoms with Crippen molar-refractivity contribution in [2.45, 2.75) is 44.8 Å². The molecule has 0 unspecified atom stereocenters. The van der Waals surface area contributed by atoms with Crippen molar-refractivity contribution in [2.75, 3.05) is 19.4 Å². The minimum absolute atomic E-state index is 0.265. The lowest BCUT2D eigenvalue weighted by Crippen LogP contribution is -2.13. The molecule has 3 heteroatoms. The van der Waals surface area contributed by atoms with Crippen LogP contribution in [0.1, 0.15) is 33.1 Å². The maximum atomic E-state index is 5.70. The zero-order valence-corrected chi connectivity index (χ0v) is 11.0. The summed E-state index contributed by atoms with van der Waals surface area (Å²) < 4.78 is 5.70. The van der Waals surface area contributed by atoms with Gasteiger partial charge in [0.05, 0.1) is 6.04 Å². The highest BCUT2D eigenvalue weighted by molar-refractivity contribution is 7.57. The first-order valence-electron chi connectivity index (χ1n) is 6.06. The summed E-state index contributed by atoms with van der Waals surface area (Å²) in [6.45, 7) is 7.70. The summed E-state index contributed by atoms with van der Waals surface area (Å²) in [5.74, 6) is 1.67. The van der Waals surface area contributed by atoms with Crippen LogP contribution in [0.5, 0.6) is 0 Å². The van der Waals surface area contributed by atoms with Crippen LogP contribution >= 0.6 is 7.92 Å².